The van der Waals surface area contributed by atoms with Crippen molar-refractivity contribution < 1.29 is 14.6 Å². The zero-order valence-electron chi connectivity index (χ0n) is 20.4. The highest BCUT2D eigenvalue weighted by molar-refractivity contribution is 5.98. The second kappa shape index (κ2) is 9.92. The molecule has 0 saturated carbocycles. The lowest BCUT2D eigenvalue weighted by molar-refractivity contribution is 0.0782. The van der Waals surface area contributed by atoms with Gasteiger partial charge in [-0.25, -0.2) is 15.0 Å². The molecule has 0 radical (unpaired) electrons. The fraction of sp³-hybridized carbons (Fsp3) is 0.261. The standard InChI is InChI=1S/C23H26N10O3/c1-23(2,35)13-6-7-16(26-11-13)29-17-10-15(18(31-30-17)22(34)24-3)28-21-19(36-5)14(8-9-25-21)20-27-12-33(4)32-20/h6-12,35H,1-5H3,(H,24,34)(H2,25,26,28,29,30). The van der Waals surface area contributed by atoms with E-state index in [1.54, 1.807) is 68.6 Å². The summed E-state index contributed by atoms with van der Waals surface area (Å²) in [6, 6.07) is 6.81. The van der Waals surface area contributed by atoms with Gasteiger partial charge in [-0.1, -0.05) is 6.07 Å². The summed E-state index contributed by atoms with van der Waals surface area (Å²) >= 11 is 0. The Morgan fingerprint density at radius 3 is 2.50 bits per heavy atom. The average molecular weight is 491 g/mol. The normalized spacial score (nSPS) is 11.2. The van der Waals surface area contributed by atoms with Gasteiger partial charge in [0.2, 0.25) is 0 Å². The summed E-state index contributed by atoms with van der Waals surface area (Å²) in [7, 11) is 4.78. The molecule has 0 spiro atoms. The summed E-state index contributed by atoms with van der Waals surface area (Å²) < 4.78 is 7.19. The Labute approximate surface area is 207 Å². The molecule has 1 amide bonds. The van der Waals surface area contributed by atoms with Gasteiger partial charge in [0.15, 0.2) is 28.9 Å². The molecule has 0 saturated heterocycles. The highest BCUT2D eigenvalue weighted by Gasteiger charge is 2.20. The van der Waals surface area contributed by atoms with Crippen LogP contribution in [0, 0.1) is 0 Å². The number of carbonyl (C=O) groups is 1. The number of ether oxygens (including phenoxy) is 1. The number of pyridine rings is 2. The number of nitrogens with one attached hydrogen (secondary N) is 3. The van der Waals surface area contributed by atoms with E-state index in [1.165, 1.54) is 14.2 Å². The van der Waals surface area contributed by atoms with Crippen LogP contribution < -0.4 is 20.7 Å². The van der Waals surface area contributed by atoms with Crippen LogP contribution in [0.5, 0.6) is 5.75 Å². The molecule has 13 heteroatoms. The summed E-state index contributed by atoms with van der Waals surface area (Å²) in [5.74, 6) is 1.55. The van der Waals surface area contributed by atoms with Gasteiger partial charge in [-0.15, -0.1) is 10.2 Å². The topological polar surface area (TPSA) is 165 Å². The molecule has 13 nitrogen and oxygen atoms in total. The lowest BCUT2D eigenvalue weighted by atomic mass is 10.0. The third-order valence-electron chi connectivity index (χ3n) is 5.16. The SMILES string of the molecule is CNC(=O)c1nnc(Nc2ccc(C(C)(C)O)cn2)cc1Nc1nccc(-c2ncn(C)n2)c1OC. The molecule has 4 N–H and O–H groups in total. The highest BCUT2D eigenvalue weighted by Crippen LogP contribution is 2.35. The van der Waals surface area contributed by atoms with Crippen molar-refractivity contribution in [3.63, 3.8) is 0 Å². The maximum Gasteiger partial charge on any atom is 0.273 e. The van der Waals surface area contributed by atoms with Crippen LogP contribution in [-0.4, -0.2) is 60.1 Å². The number of methoxy groups -OCH3 is 1. The van der Waals surface area contributed by atoms with Crippen LogP contribution in [0.15, 0.2) is 43.0 Å². The second-order valence-corrected chi connectivity index (χ2v) is 8.29. The van der Waals surface area contributed by atoms with Gasteiger partial charge in [-0.05, 0) is 26.0 Å². The Morgan fingerprint density at radius 2 is 1.89 bits per heavy atom. The van der Waals surface area contributed by atoms with Crippen LogP contribution in [-0.2, 0) is 12.6 Å². The number of amides is 1. The van der Waals surface area contributed by atoms with Gasteiger partial charge in [0.1, 0.15) is 12.1 Å². The fourth-order valence-corrected chi connectivity index (χ4v) is 3.31. The van der Waals surface area contributed by atoms with E-state index >= 15 is 0 Å². The molecule has 0 aliphatic carbocycles. The number of aromatic nitrogens is 7. The molecular formula is C23H26N10O3. The van der Waals surface area contributed by atoms with Crippen LogP contribution in [0.25, 0.3) is 11.4 Å². The third kappa shape index (κ3) is 5.20. The summed E-state index contributed by atoms with van der Waals surface area (Å²) in [4.78, 5) is 25.5. The number of aliphatic hydroxyl groups is 1. The Balaban J connectivity index is 1.69. The van der Waals surface area contributed by atoms with Crippen LogP contribution in [0.2, 0.25) is 0 Å². The summed E-state index contributed by atoms with van der Waals surface area (Å²) in [6.45, 7) is 3.36. The number of nitrogens with zero attached hydrogens (tertiary/aromatic N) is 7. The highest BCUT2D eigenvalue weighted by atomic mass is 16.5. The smallest absolute Gasteiger partial charge is 0.273 e. The van der Waals surface area contributed by atoms with E-state index in [1.807, 2.05) is 0 Å². The molecule has 4 rings (SSSR count). The zero-order chi connectivity index (χ0) is 25.9. The molecule has 0 atom stereocenters. The Kier molecular flexibility index (Phi) is 6.74. The van der Waals surface area contributed by atoms with E-state index in [0.29, 0.717) is 45.8 Å². The van der Waals surface area contributed by atoms with Crippen LogP contribution >= 0.6 is 0 Å². The molecule has 0 aliphatic rings. The molecule has 0 fully saturated rings. The second-order valence-electron chi connectivity index (χ2n) is 8.29. The minimum Gasteiger partial charge on any atom is -0.492 e. The first kappa shape index (κ1) is 24.5. The Hall–Kier alpha value is -4.65. The van der Waals surface area contributed by atoms with Crippen LogP contribution in [0.4, 0.5) is 23.1 Å². The molecule has 36 heavy (non-hydrogen) atoms. The number of anilines is 4. The van der Waals surface area contributed by atoms with Crippen molar-refractivity contribution in [3.05, 3.63) is 54.2 Å². The van der Waals surface area contributed by atoms with Gasteiger partial charge in [-0.2, -0.15) is 5.10 Å². The van der Waals surface area contributed by atoms with Crippen molar-refractivity contribution >= 4 is 29.0 Å². The van der Waals surface area contributed by atoms with Crippen molar-refractivity contribution in [1.29, 1.82) is 0 Å². The molecule has 186 valence electrons. The number of rotatable bonds is 8. The minimum atomic E-state index is -1.01. The van der Waals surface area contributed by atoms with Gasteiger partial charge in [0.25, 0.3) is 5.91 Å². The van der Waals surface area contributed by atoms with Crippen molar-refractivity contribution in [3.8, 4) is 17.1 Å². The molecule has 4 aromatic rings. The van der Waals surface area contributed by atoms with E-state index in [4.69, 9.17) is 4.74 Å². The van der Waals surface area contributed by atoms with Crippen LogP contribution in [0.1, 0.15) is 29.9 Å². The van der Waals surface area contributed by atoms with Crippen LogP contribution in [0.3, 0.4) is 0 Å². The largest absolute Gasteiger partial charge is 0.492 e. The van der Waals surface area contributed by atoms with Crippen molar-refractivity contribution in [1.82, 2.24) is 40.2 Å². The van der Waals surface area contributed by atoms with E-state index in [2.05, 4.69) is 46.2 Å². The van der Waals surface area contributed by atoms with Gasteiger partial charge in [-0.3, -0.25) is 9.48 Å². The molecule has 0 bridgehead atoms. The van der Waals surface area contributed by atoms with E-state index < -0.39 is 11.5 Å². The maximum atomic E-state index is 12.5. The summed E-state index contributed by atoms with van der Waals surface area (Å²) in [6.07, 6.45) is 4.73. The van der Waals surface area contributed by atoms with Gasteiger partial charge in [0, 0.05) is 38.1 Å². The minimum absolute atomic E-state index is 0.0543. The lowest BCUT2D eigenvalue weighted by Crippen LogP contribution is -2.21. The average Bonchev–Trinajstić information content (AvgIpc) is 3.29. The van der Waals surface area contributed by atoms with Crippen molar-refractivity contribution in [2.24, 2.45) is 7.05 Å². The fourth-order valence-electron chi connectivity index (χ4n) is 3.31. The Bertz CT molecular complexity index is 1380. The quantitative estimate of drug-likeness (QED) is 0.286. The zero-order valence-corrected chi connectivity index (χ0v) is 20.4. The Morgan fingerprint density at radius 1 is 1.08 bits per heavy atom. The molecule has 0 aliphatic heterocycles. The number of aryl methyl sites for hydroxylation is 1. The molecular weight excluding hydrogens is 464 g/mol. The predicted molar refractivity (Wildman–Crippen MR) is 132 cm³/mol. The monoisotopic (exact) mass is 490 g/mol. The van der Waals surface area contributed by atoms with E-state index in [-0.39, 0.29) is 5.69 Å². The van der Waals surface area contributed by atoms with Gasteiger partial charge < -0.3 is 25.8 Å². The molecule has 4 heterocycles. The third-order valence-corrected chi connectivity index (χ3v) is 5.16. The number of hydrogen-bond donors (Lipinski definition) is 4. The molecule has 0 aromatic carbocycles. The first-order valence-electron chi connectivity index (χ1n) is 10.9. The molecule has 4 aromatic heterocycles. The lowest BCUT2D eigenvalue weighted by Gasteiger charge is -2.17. The van der Waals surface area contributed by atoms with Gasteiger partial charge in [0.05, 0.1) is 24.0 Å². The van der Waals surface area contributed by atoms with Gasteiger partial charge >= 0.3 is 0 Å². The number of carbonyl (C=O) groups excluding carboxylic acids is 1. The maximum absolute atomic E-state index is 12.5. The first-order valence-corrected chi connectivity index (χ1v) is 10.9. The van der Waals surface area contributed by atoms with Crippen molar-refractivity contribution in [2.45, 2.75) is 19.4 Å². The summed E-state index contributed by atoms with van der Waals surface area (Å²) in [5, 5.41) is 31.4. The van der Waals surface area contributed by atoms with E-state index in [9.17, 15) is 9.90 Å². The van der Waals surface area contributed by atoms with E-state index in [0.717, 1.165) is 0 Å². The predicted octanol–water partition coefficient (Wildman–Crippen LogP) is 2.14. The van der Waals surface area contributed by atoms with Crippen molar-refractivity contribution in [2.75, 3.05) is 24.8 Å². The molecule has 0 unspecified atom stereocenters. The number of hydrogen-bond acceptors (Lipinski definition) is 11. The first-order chi connectivity index (χ1) is 17.2. The summed E-state index contributed by atoms with van der Waals surface area (Å²) in [5.41, 5.74) is 0.657.